The molecule has 0 saturated carbocycles. The summed E-state index contributed by atoms with van der Waals surface area (Å²) in [5, 5.41) is 25.7. The van der Waals surface area contributed by atoms with E-state index in [-0.39, 0.29) is 36.8 Å². The number of rotatable bonds is 10. The molecule has 1 aromatic heterocycles. The zero-order valence-electron chi connectivity index (χ0n) is 25.1. The zero-order valence-corrected chi connectivity index (χ0v) is 27.5. The third-order valence-corrected chi connectivity index (χ3v) is 11.2. The summed E-state index contributed by atoms with van der Waals surface area (Å²) >= 11 is 0.728. The van der Waals surface area contributed by atoms with Crippen LogP contribution in [0.1, 0.15) is 15.9 Å². The van der Waals surface area contributed by atoms with Crippen LogP contribution in [0.5, 0.6) is 11.5 Å². The average Bonchev–Trinajstić information content (AvgIpc) is 3.59. The molecule has 0 fully saturated rings. The summed E-state index contributed by atoms with van der Waals surface area (Å²) in [6.45, 7) is 0. The molecular formula is C32H24F3N3O9S3. The van der Waals surface area contributed by atoms with Gasteiger partial charge in [-0.3, -0.25) is 10.1 Å². The minimum atomic E-state index is -5.08. The second-order valence-electron chi connectivity index (χ2n) is 9.96. The Labute approximate surface area is 286 Å². The van der Waals surface area contributed by atoms with Crippen LogP contribution in [-0.2, 0) is 24.7 Å². The Morgan fingerprint density at radius 2 is 1.36 bits per heavy atom. The lowest BCUT2D eigenvalue weighted by Gasteiger charge is -2.12. The maximum atomic E-state index is 13.0. The molecule has 12 nitrogen and oxygen atoms in total. The Bertz CT molecular complexity index is 2260. The SMILES string of the molecule is N=C(N)c1ccc(-c2ccc(Oc3ccc(NS(=O)(=O)c4cc(S(=O)(=O)c5ccccc5)cs4)cc3C(=O)O)cc2)cc1.O=C(O)C(F)(F)F. The number of nitrogens with two attached hydrogens (primary N) is 1. The molecule has 0 aliphatic rings. The van der Waals surface area contributed by atoms with Gasteiger partial charge in [0, 0.05) is 16.6 Å². The van der Waals surface area contributed by atoms with Gasteiger partial charge >= 0.3 is 18.1 Å². The predicted molar refractivity (Wildman–Crippen MR) is 177 cm³/mol. The number of carboxylic acids is 2. The van der Waals surface area contributed by atoms with Gasteiger partial charge in [-0.25, -0.2) is 26.4 Å². The third-order valence-electron chi connectivity index (χ3n) is 6.50. The quantitative estimate of drug-likeness (QED) is 0.0777. The molecule has 0 aliphatic heterocycles. The lowest BCUT2D eigenvalue weighted by atomic mass is 10.0. The second-order valence-corrected chi connectivity index (χ2v) is 14.7. The standard InChI is InChI=1S/C30H23N3O7S3.C2HF3O2/c31-29(32)21-8-6-19(7-9-21)20-10-13-23(14-11-20)40-27-15-12-22(16-26(27)30(34)35)33-43(38,39)28-17-25(18-41-28)42(36,37)24-4-2-1-3-5-24;3-2(4,5)1(6)7/h1-18,33H,(H3,31,32)(H,34,35);(H,6,7). The highest BCUT2D eigenvalue weighted by atomic mass is 32.2. The fourth-order valence-electron chi connectivity index (χ4n) is 4.06. The summed E-state index contributed by atoms with van der Waals surface area (Å²) in [6.07, 6.45) is -5.08. The summed E-state index contributed by atoms with van der Waals surface area (Å²) in [7, 11) is -8.15. The number of nitrogens with one attached hydrogen (secondary N) is 2. The van der Waals surface area contributed by atoms with Crippen LogP contribution in [0, 0.1) is 5.41 Å². The summed E-state index contributed by atoms with van der Waals surface area (Å²) in [5.41, 5.74) is 7.51. The number of hydrogen-bond donors (Lipinski definition) is 5. The Balaban J connectivity index is 0.000000727. The lowest BCUT2D eigenvalue weighted by molar-refractivity contribution is -0.192. The van der Waals surface area contributed by atoms with Crippen molar-refractivity contribution >= 4 is 54.7 Å². The van der Waals surface area contributed by atoms with E-state index in [2.05, 4.69) is 4.72 Å². The Kier molecular flexibility index (Phi) is 11.0. The normalized spacial score (nSPS) is 11.5. The fourth-order valence-corrected chi connectivity index (χ4v) is 8.01. The summed E-state index contributed by atoms with van der Waals surface area (Å²) in [5.74, 6) is -3.79. The van der Waals surface area contributed by atoms with Crippen molar-refractivity contribution in [3.63, 3.8) is 0 Å². The fraction of sp³-hybridized carbons (Fsp3) is 0.0312. The van der Waals surface area contributed by atoms with Crippen LogP contribution in [0.15, 0.2) is 123 Å². The number of anilines is 1. The molecule has 0 bridgehead atoms. The van der Waals surface area contributed by atoms with Crippen LogP contribution < -0.4 is 15.2 Å². The Hall–Kier alpha value is -5.72. The van der Waals surface area contributed by atoms with Gasteiger partial charge in [0.05, 0.1) is 9.79 Å². The second kappa shape index (κ2) is 14.8. The first-order valence-corrected chi connectivity index (χ1v) is 17.5. The van der Waals surface area contributed by atoms with Gasteiger partial charge in [0.25, 0.3) is 10.0 Å². The molecule has 0 radical (unpaired) electrons. The minimum absolute atomic E-state index is 0.0126. The number of sulfonamides is 1. The highest BCUT2D eigenvalue weighted by Gasteiger charge is 2.38. The zero-order chi connectivity index (χ0) is 36.9. The first kappa shape index (κ1) is 37.1. The van der Waals surface area contributed by atoms with Crippen LogP contribution in [0.4, 0.5) is 18.9 Å². The van der Waals surface area contributed by atoms with Gasteiger partial charge < -0.3 is 20.7 Å². The number of hydrogen-bond acceptors (Lipinski definition) is 9. The maximum absolute atomic E-state index is 13.0. The van der Waals surface area contributed by atoms with Crippen molar-refractivity contribution in [3.05, 3.63) is 120 Å². The van der Waals surface area contributed by atoms with Crippen molar-refractivity contribution < 1.29 is 54.5 Å². The lowest BCUT2D eigenvalue weighted by Crippen LogP contribution is -2.21. The number of halogens is 3. The van der Waals surface area contributed by atoms with Gasteiger partial charge in [-0.05, 0) is 59.7 Å². The van der Waals surface area contributed by atoms with E-state index >= 15 is 0 Å². The monoisotopic (exact) mass is 747 g/mol. The number of ether oxygens (including phenoxy) is 1. The van der Waals surface area contributed by atoms with E-state index in [1.807, 2.05) is 12.1 Å². The van der Waals surface area contributed by atoms with Crippen LogP contribution in [-0.4, -0.2) is 51.0 Å². The van der Waals surface area contributed by atoms with Gasteiger partial charge in [-0.15, -0.1) is 11.3 Å². The van der Waals surface area contributed by atoms with Crippen molar-refractivity contribution in [2.45, 2.75) is 20.2 Å². The van der Waals surface area contributed by atoms with Crippen molar-refractivity contribution in [1.82, 2.24) is 0 Å². The highest BCUT2D eigenvalue weighted by Crippen LogP contribution is 2.33. The van der Waals surface area contributed by atoms with Gasteiger partial charge in [0.2, 0.25) is 9.84 Å². The molecule has 1 heterocycles. The smallest absolute Gasteiger partial charge is 0.478 e. The van der Waals surface area contributed by atoms with Crippen molar-refractivity contribution in [1.29, 1.82) is 5.41 Å². The number of alkyl halides is 3. The maximum Gasteiger partial charge on any atom is 0.490 e. The number of benzene rings is 4. The van der Waals surface area contributed by atoms with E-state index in [0.717, 1.165) is 34.6 Å². The van der Waals surface area contributed by atoms with E-state index in [1.54, 1.807) is 54.6 Å². The molecule has 18 heteroatoms. The van der Waals surface area contributed by atoms with Gasteiger partial charge in [-0.1, -0.05) is 54.6 Å². The van der Waals surface area contributed by atoms with Crippen LogP contribution in [0.2, 0.25) is 0 Å². The molecule has 5 rings (SSSR count). The first-order valence-electron chi connectivity index (χ1n) is 13.7. The molecule has 0 spiro atoms. The molecular weight excluding hydrogens is 724 g/mol. The molecule has 0 atom stereocenters. The molecule has 260 valence electrons. The number of nitrogen functional groups attached to an aromatic ring is 1. The van der Waals surface area contributed by atoms with Crippen LogP contribution in [0.25, 0.3) is 11.1 Å². The van der Waals surface area contributed by atoms with Crippen LogP contribution >= 0.6 is 11.3 Å². The summed E-state index contributed by atoms with van der Waals surface area (Å²) in [4.78, 5) is 20.8. The number of sulfone groups is 1. The number of aliphatic carboxylic acids is 1. The number of amidine groups is 1. The van der Waals surface area contributed by atoms with E-state index in [1.165, 1.54) is 29.6 Å². The van der Waals surface area contributed by atoms with Crippen molar-refractivity contribution in [2.75, 3.05) is 4.72 Å². The van der Waals surface area contributed by atoms with E-state index in [0.29, 0.717) is 11.3 Å². The molecule has 0 amide bonds. The first-order chi connectivity index (χ1) is 23.4. The highest BCUT2D eigenvalue weighted by molar-refractivity contribution is 7.95. The van der Waals surface area contributed by atoms with Crippen molar-refractivity contribution in [3.8, 4) is 22.6 Å². The van der Waals surface area contributed by atoms with Gasteiger partial charge in [0.15, 0.2) is 0 Å². The molecule has 4 aromatic carbocycles. The largest absolute Gasteiger partial charge is 0.490 e. The van der Waals surface area contributed by atoms with E-state index in [4.69, 9.17) is 25.8 Å². The third kappa shape index (κ3) is 9.04. The molecule has 0 unspecified atom stereocenters. The van der Waals surface area contributed by atoms with Gasteiger partial charge in [-0.2, -0.15) is 13.2 Å². The van der Waals surface area contributed by atoms with Crippen LogP contribution in [0.3, 0.4) is 0 Å². The topological polar surface area (TPSA) is 214 Å². The summed E-state index contributed by atoms with van der Waals surface area (Å²) < 4.78 is 91.4. The van der Waals surface area contributed by atoms with Crippen molar-refractivity contribution in [2.24, 2.45) is 5.73 Å². The molecule has 5 aromatic rings. The Morgan fingerprint density at radius 1 is 0.800 bits per heavy atom. The minimum Gasteiger partial charge on any atom is -0.478 e. The molecule has 0 aliphatic carbocycles. The number of carboxylic acid groups (broad SMARTS) is 2. The molecule has 0 saturated heterocycles. The predicted octanol–water partition coefficient (Wildman–Crippen LogP) is 6.46. The number of carbonyl (C=O) groups is 2. The molecule has 50 heavy (non-hydrogen) atoms. The Morgan fingerprint density at radius 3 is 1.88 bits per heavy atom. The van der Waals surface area contributed by atoms with E-state index in [9.17, 15) is 39.9 Å². The number of aromatic carboxylic acids is 1. The summed E-state index contributed by atoms with van der Waals surface area (Å²) in [6, 6.07) is 26.5. The average molecular weight is 748 g/mol. The molecule has 6 N–H and O–H groups in total. The van der Waals surface area contributed by atoms with E-state index < -0.39 is 38.0 Å². The van der Waals surface area contributed by atoms with Gasteiger partial charge in [0.1, 0.15) is 27.1 Å². The number of thiophene rings is 1.